The summed E-state index contributed by atoms with van der Waals surface area (Å²) in [5, 5.41) is 7.40. The standard InChI is InChI=1S/C23H31N5O2/c1-17-3-5-19(6-4-17)15-23(30)27-13-11-26(12-14-27)16-22(29)25-21-9-10-24-28(21)18(2)20-7-8-20/h3-6,9-10,18,20H,7-8,11-16H2,1-2H3,(H,25,29). The molecule has 1 aliphatic heterocycles. The monoisotopic (exact) mass is 409 g/mol. The van der Waals surface area contributed by atoms with Gasteiger partial charge >= 0.3 is 0 Å². The lowest BCUT2D eigenvalue weighted by atomic mass is 10.1. The predicted octanol–water partition coefficient (Wildman–Crippen LogP) is 2.49. The van der Waals surface area contributed by atoms with Crippen molar-refractivity contribution in [1.82, 2.24) is 19.6 Å². The van der Waals surface area contributed by atoms with Crippen LogP contribution in [0.5, 0.6) is 0 Å². The number of nitrogens with zero attached hydrogens (tertiary/aromatic N) is 4. The van der Waals surface area contributed by atoms with Crippen molar-refractivity contribution in [3.05, 3.63) is 47.7 Å². The van der Waals surface area contributed by atoms with Crippen LogP contribution in [0.25, 0.3) is 0 Å². The third-order valence-corrected chi connectivity index (χ3v) is 6.20. The van der Waals surface area contributed by atoms with Crippen molar-refractivity contribution in [1.29, 1.82) is 0 Å². The van der Waals surface area contributed by atoms with E-state index in [2.05, 4.69) is 22.2 Å². The second-order valence-electron chi connectivity index (χ2n) is 8.61. The lowest BCUT2D eigenvalue weighted by Gasteiger charge is -2.34. The van der Waals surface area contributed by atoms with E-state index in [4.69, 9.17) is 0 Å². The first-order valence-corrected chi connectivity index (χ1v) is 10.9. The molecule has 160 valence electrons. The number of aryl methyl sites for hydroxylation is 1. The van der Waals surface area contributed by atoms with Gasteiger partial charge in [-0.3, -0.25) is 14.5 Å². The van der Waals surface area contributed by atoms with Gasteiger partial charge in [0.15, 0.2) is 0 Å². The number of piperazine rings is 1. The number of amides is 2. The molecular weight excluding hydrogens is 378 g/mol. The first-order valence-electron chi connectivity index (χ1n) is 10.9. The van der Waals surface area contributed by atoms with E-state index in [0.717, 1.165) is 11.4 Å². The van der Waals surface area contributed by atoms with Crippen LogP contribution < -0.4 is 5.32 Å². The highest BCUT2D eigenvalue weighted by atomic mass is 16.2. The summed E-state index contributed by atoms with van der Waals surface area (Å²) in [7, 11) is 0. The molecule has 1 atom stereocenters. The lowest BCUT2D eigenvalue weighted by molar-refractivity contribution is -0.132. The van der Waals surface area contributed by atoms with Gasteiger partial charge in [0.1, 0.15) is 5.82 Å². The topological polar surface area (TPSA) is 70.5 Å². The molecule has 1 aromatic heterocycles. The largest absolute Gasteiger partial charge is 0.340 e. The molecule has 30 heavy (non-hydrogen) atoms. The third kappa shape index (κ3) is 5.08. The molecule has 2 aliphatic rings. The van der Waals surface area contributed by atoms with Crippen LogP contribution in [0, 0.1) is 12.8 Å². The van der Waals surface area contributed by atoms with E-state index in [1.54, 1.807) is 6.20 Å². The number of anilines is 1. The average molecular weight is 410 g/mol. The Kier molecular flexibility index (Phi) is 6.18. The summed E-state index contributed by atoms with van der Waals surface area (Å²) >= 11 is 0. The van der Waals surface area contributed by atoms with Gasteiger partial charge in [0, 0.05) is 32.2 Å². The van der Waals surface area contributed by atoms with Crippen molar-refractivity contribution < 1.29 is 9.59 Å². The normalized spacial score (nSPS) is 18.3. The summed E-state index contributed by atoms with van der Waals surface area (Å²) in [6.07, 6.45) is 4.65. The van der Waals surface area contributed by atoms with Gasteiger partial charge < -0.3 is 10.2 Å². The molecule has 2 fully saturated rings. The summed E-state index contributed by atoms with van der Waals surface area (Å²) in [5.74, 6) is 1.57. The van der Waals surface area contributed by atoms with Crippen molar-refractivity contribution in [2.45, 2.75) is 39.2 Å². The Morgan fingerprint density at radius 2 is 1.80 bits per heavy atom. The zero-order valence-corrected chi connectivity index (χ0v) is 17.9. The Labute approximate surface area is 178 Å². The molecule has 2 aromatic rings. The van der Waals surface area contributed by atoms with Crippen molar-refractivity contribution in [3.8, 4) is 0 Å². The van der Waals surface area contributed by atoms with Crippen LogP contribution in [0.2, 0.25) is 0 Å². The van der Waals surface area contributed by atoms with Crippen LogP contribution in [-0.4, -0.2) is 64.1 Å². The molecule has 7 heteroatoms. The summed E-state index contributed by atoms with van der Waals surface area (Å²) in [5.41, 5.74) is 2.24. The molecule has 0 bridgehead atoms. The van der Waals surface area contributed by atoms with E-state index in [1.165, 1.54) is 18.4 Å². The summed E-state index contributed by atoms with van der Waals surface area (Å²) in [4.78, 5) is 29.1. The lowest BCUT2D eigenvalue weighted by Crippen LogP contribution is -2.50. The molecule has 2 amide bonds. The van der Waals surface area contributed by atoms with Gasteiger partial charge in [-0.1, -0.05) is 29.8 Å². The molecule has 4 rings (SSSR count). The molecule has 1 unspecified atom stereocenters. The number of rotatable bonds is 7. The van der Waals surface area contributed by atoms with Crippen molar-refractivity contribution in [2.75, 3.05) is 38.0 Å². The number of hydrogen-bond donors (Lipinski definition) is 1. The predicted molar refractivity (Wildman–Crippen MR) is 116 cm³/mol. The van der Waals surface area contributed by atoms with E-state index < -0.39 is 0 Å². The number of hydrogen-bond acceptors (Lipinski definition) is 4. The van der Waals surface area contributed by atoms with E-state index in [0.29, 0.717) is 51.1 Å². The number of carbonyl (C=O) groups is 2. The van der Waals surface area contributed by atoms with Gasteiger partial charge in [0.25, 0.3) is 0 Å². The fraction of sp³-hybridized carbons (Fsp3) is 0.522. The molecule has 2 heterocycles. The average Bonchev–Trinajstić information content (AvgIpc) is 3.49. The maximum atomic E-state index is 12.6. The van der Waals surface area contributed by atoms with Gasteiger partial charge in [-0.15, -0.1) is 0 Å². The van der Waals surface area contributed by atoms with E-state index in [9.17, 15) is 9.59 Å². The molecule has 1 N–H and O–H groups in total. The van der Waals surface area contributed by atoms with E-state index in [-0.39, 0.29) is 11.8 Å². The zero-order chi connectivity index (χ0) is 21.1. The Bertz CT molecular complexity index is 879. The molecule has 0 radical (unpaired) electrons. The Morgan fingerprint density at radius 1 is 1.10 bits per heavy atom. The molecule has 7 nitrogen and oxygen atoms in total. The van der Waals surface area contributed by atoms with Crippen LogP contribution >= 0.6 is 0 Å². The van der Waals surface area contributed by atoms with Crippen LogP contribution in [0.1, 0.15) is 36.9 Å². The maximum absolute atomic E-state index is 12.6. The molecule has 1 aromatic carbocycles. The Balaban J connectivity index is 1.23. The summed E-state index contributed by atoms with van der Waals surface area (Å²) in [6, 6.07) is 10.3. The number of carbonyl (C=O) groups excluding carboxylic acids is 2. The van der Waals surface area contributed by atoms with Crippen LogP contribution in [-0.2, 0) is 16.0 Å². The third-order valence-electron chi connectivity index (χ3n) is 6.20. The molecular formula is C23H31N5O2. The van der Waals surface area contributed by atoms with Crippen LogP contribution in [0.3, 0.4) is 0 Å². The minimum Gasteiger partial charge on any atom is -0.340 e. The number of aromatic nitrogens is 2. The van der Waals surface area contributed by atoms with Gasteiger partial charge in [0.05, 0.1) is 25.2 Å². The molecule has 1 saturated carbocycles. The van der Waals surface area contributed by atoms with Gasteiger partial charge in [-0.25, -0.2) is 4.68 Å². The quantitative estimate of drug-likeness (QED) is 0.763. The summed E-state index contributed by atoms with van der Waals surface area (Å²) < 4.78 is 1.93. The van der Waals surface area contributed by atoms with Crippen LogP contribution in [0.15, 0.2) is 36.5 Å². The molecule has 0 spiro atoms. The highest BCUT2D eigenvalue weighted by Gasteiger charge is 2.31. The minimum atomic E-state index is -0.0285. The number of nitrogens with one attached hydrogen (secondary N) is 1. The van der Waals surface area contributed by atoms with Crippen molar-refractivity contribution in [3.63, 3.8) is 0 Å². The Morgan fingerprint density at radius 3 is 2.47 bits per heavy atom. The fourth-order valence-corrected chi connectivity index (χ4v) is 4.05. The second kappa shape index (κ2) is 9.00. The van der Waals surface area contributed by atoms with Crippen LogP contribution in [0.4, 0.5) is 5.82 Å². The Hall–Kier alpha value is -2.67. The van der Waals surface area contributed by atoms with Gasteiger partial charge in [-0.2, -0.15) is 5.10 Å². The maximum Gasteiger partial charge on any atom is 0.239 e. The van der Waals surface area contributed by atoms with Gasteiger partial charge in [0.2, 0.25) is 11.8 Å². The van der Waals surface area contributed by atoms with Gasteiger partial charge in [-0.05, 0) is 38.2 Å². The summed E-state index contributed by atoms with van der Waals surface area (Å²) in [6.45, 7) is 7.29. The molecule has 1 saturated heterocycles. The molecule has 1 aliphatic carbocycles. The second-order valence-corrected chi connectivity index (χ2v) is 8.61. The first kappa shape index (κ1) is 20.6. The highest BCUT2D eigenvalue weighted by Crippen LogP contribution is 2.40. The SMILES string of the molecule is Cc1ccc(CC(=O)N2CCN(CC(=O)Nc3ccnn3C(C)C3CC3)CC2)cc1. The first-order chi connectivity index (χ1) is 14.5. The van der Waals surface area contributed by atoms with E-state index in [1.807, 2.05) is 46.8 Å². The fourth-order valence-electron chi connectivity index (χ4n) is 4.05. The van der Waals surface area contributed by atoms with Crippen molar-refractivity contribution >= 4 is 17.6 Å². The number of benzene rings is 1. The van der Waals surface area contributed by atoms with E-state index >= 15 is 0 Å². The smallest absolute Gasteiger partial charge is 0.239 e. The van der Waals surface area contributed by atoms with Crippen molar-refractivity contribution in [2.24, 2.45) is 5.92 Å². The zero-order valence-electron chi connectivity index (χ0n) is 17.9. The minimum absolute atomic E-state index is 0.0285. The highest BCUT2D eigenvalue weighted by molar-refractivity contribution is 5.91.